The van der Waals surface area contributed by atoms with Crippen molar-refractivity contribution in [3.63, 3.8) is 0 Å². The minimum Gasteiger partial charge on any atom is -0.382 e. The number of hydrazine groups is 1. The van der Waals surface area contributed by atoms with Crippen LogP contribution in [-0.2, 0) is 16.1 Å². The van der Waals surface area contributed by atoms with Crippen LogP contribution in [-0.4, -0.2) is 25.3 Å². The van der Waals surface area contributed by atoms with Crippen LogP contribution in [0.4, 0.5) is 5.82 Å². The Kier molecular flexibility index (Phi) is 4.92. The van der Waals surface area contributed by atoms with Gasteiger partial charge in [-0.1, -0.05) is 6.07 Å². The second-order valence-corrected chi connectivity index (χ2v) is 2.70. The molecule has 78 valence electrons. The topological polar surface area (TPSA) is 69.4 Å². The van der Waals surface area contributed by atoms with Crippen molar-refractivity contribution in [2.45, 2.75) is 6.61 Å². The molecule has 1 aromatic heterocycles. The second-order valence-electron chi connectivity index (χ2n) is 2.70. The molecule has 0 spiro atoms. The summed E-state index contributed by atoms with van der Waals surface area (Å²) in [5.41, 5.74) is 3.32. The zero-order valence-electron chi connectivity index (χ0n) is 8.19. The molecule has 5 nitrogen and oxygen atoms in total. The summed E-state index contributed by atoms with van der Waals surface area (Å²) < 4.78 is 10.2. The van der Waals surface area contributed by atoms with E-state index in [4.69, 9.17) is 15.3 Å². The molecule has 0 saturated heterocycles. The third-order valence-electron chi connectivity index (χ3n) is 1.64. The van der Waals surface area contributed by atoms with Crippen molar-refractivity contribution in [1.29, 1.82) is 0 Å². The summed E-state index contributed by atoms with van der Waals surface area (Å²) in [6.07, 6.45) is 0. The van der Waals surface area contributed by atoms with Gasteiger partial charge in [-0.15, -0.1) is 0 Å². The molecule has 0 bridgehead atoms. The summed E-state index contributed by atoms with van der Waals surface area (Å²) in [4.78, 5) is 4.19. The average molecular weight is 197 g/mol. The standard InChI is InChI=1S/C9H15N3O2/c1-13-5-6-14-7-8-3-2-4-9(11-8)12-10/h2-4H,5-7,10H2,1H3,(H,11,12). The van der Waals surface area contributed by atoms with E-state index >= 15 is 0 Å². The molecule has 1 rings (SSSR count). The third kappa shape index (κ3) is 3.69. The number of hydrogen-bond donors (Lipinski definition) is 2. The van der Waals surface area contributed by atoms with Gasteiger partial charge in [0.1, 0.15) is 5.82 Å². The van der Waals surface area contributed by atoms with Gasteiger partial charge in [0, 0.05) is 7.11 Å². The summed E-state index contributed by atoms with van der Waals surface area (Å²) >= 11 is 0. The maximum atomic E-state index is 5.30. The van der Waals surface area contributed by atoms with Crippen molar-refractivity contribution in [1.82, 2.24) is 4.98 Å². The Morgan fingerprint density at radius 1 is 1.43 bits per heavy atom. The minimum absolute atomic E-state index is 0.471. The average Bonchev–Trinajstić information content (AvgIpc) is 2.25. The highest BCUT2D eigenvalue weighted by Crippen LogP contribution is 2.03. The van der Waals surface area contributed by atoms with Crippen LogP contribution < -0.4 is 11.3 Å². The molecule has 0 aliphatic heterocycles. The minimum atomic E-state index is 0.471. The fraction of sp³-hybridized carbons (Fsp3) is 0.444. The predicted octanol–water partition coefficient (Wildman–Crippen LogP) is 0.530. The number of rotatable bonds is 6. The van der Waals surface area contributed by atoms with Gasteiger partial charge < -0.3 is 14.9 Å². The number of hydrogen-bond acceptors (Lipinski definition) is 5. The molecule has 0 aliphatic carbocycles. The van der Waals surface area contributed by atoms with E-state index in [1.54, 1.807) is 13.2 Å². The Balaban J connectivity index is 2.34. The van der Waals surface area contributed by atoms with Crippen molar-refractivity contribution in [3.05, 3.63) is 23.9 Å². The SMILES string of the molecule is COCCOCc1cccc(NN)n1. The highest BCUT2D eigenvalue weighted by molar-refractivity contribution is 5.33. The Hall–Kier alpha value is -1.17. The summed E-state index contributed by atoms with van der Waals surface area (Å²) in [6.45, 7) is 1.63. The number of nitrogen functional groups attached to an aromatic ring is 1. The van der Waals surface area contributed by atoms with Crippen LogP contribution in [0, 0.1) is 0 Å². The van der Waals surface area contributed by atoms with E-state index in [9.17, 15) is 0 Å². The molecule has 0 radical (unpaired) electrons. The van der Waals surface area contributed by atoms with Gasteiger partial charge in [-0.05, 0) is 12.1 Å². The largest absolute Gasteiger partial charge is 0.382 e. The van der Waals surface area contributed by atoms with E-state index < -0.39 is 0 Å². The predicted molar refractivity (Wildman–Crippen MR) is 53.6 cm³/mol. The first-order chi connectivity index (χ1) is 6.86. The lowest BCUT2D eigenvalue weighted by atomic mass is 10.3. The highest BCUT2D eigenvalue weighted by Gasteiger charge is 1.96. The van der Waals surface area contributed by atoms with E-state index in [1.165, 1.54) is 0 Å². The van der Waals surface area contributed by atoms with Gasteiger partial charge in [0.25, 0.3) is 0 Å². The van der Waals surface area contributed by atoms with E-state index in [1.807, 2.05) is 12.1 Å². The fourth-order valence-corrected chi connectivity index (χ4v) is 0.959. The number of pyridine rings is 1. The van der Waals surface area contributed by atoms with Crippen molar-refractivity contribution in [2.24, 2.45) is 5.84 Å². The fourth-order valence-electron chi connectivity index (χ4n) is 0.959. The summed E-state index contributed by atoms with van der Waals surface area (Å²) in [5.74, 6) is 5.86. The van der Waals surface area contributed by atoms with E-state index in [-0.39, 0.29) is 0 Å². The lowest BCUT2D eigenvalue weighted by molar-refractivity contribution is 0.0602. The Labute approximate surface area is 83.2 Å². The van der Waals surface area contributed by atoms with E-state index in [2.05, 4.69) is 10.4 Å². The number of nitrogens with one attached hydrogen (secondary N) is 1. The van der Waals surface area contributed by atoms with E-state index in [0.717, 1.165) is 5.69 Å². The van der Waals surface area contributed by atoms with Crippen molar-refractivity contribution < 1.29 is 9.47 Å². The first-order valence-corrected chi connectivity index (χ1v) is 4.36. The Morgan fingerprint density at radius 3 is 3.00 bits per heavy atom. The van der Waals surface area contributed by atoms with Crippen molar-refractivity contribution >= 4 is 5.82 Å². The first-order valence-electron chi connectivity index (χ1n) is 4.36. The van der Waals surface area contributed by atoms with Crippen LogP contribution in [0.25, 0.3) is 0 Å². The molecule has 3 N–H and O–H groups in total. The molecular formula is C9H15N3O2. The smallest absolute Gasteiger partial charge is 0.140 e. The molecule has 0 aliphatic rings. The first kappa shape index (κ1) is 10.9. The van der Waals surface area contributed by atoms with Crippen LogP contribution in [0.5, 0.6) is 0 Å². The zero-order chi connectivity index (χ0) is 10.2. The lowest BCUT2D eigenvalue weighted by Gasteiger charge is -2.04. The monoisotopic (exact) mass is 197 g/mol. The van der Waals surface area contributed by atoms with Crippen molar-refractivity contribution in [2.75, 3.05) is 25.7 Å². The molecule has 0 unspecified atom stereocenters. The number of ether oxygens (including phenoxy) is 2. The Bertz CT molecular complexity index is 268. The van der Waals surface area contributed by atoms with Gasteiger partial charge in [0.15, 0.2) is 0 Å². The molecular weight excluding hydrogens is 182 g/mol. The van der Waals surface area contributed by atoms with Crippen LogP contribution in [0.15, 0.2) is 18.2 Å². The summed E-state index contributed by atoms with van der Waals surface area (Å²) in [5, 5.41) is 0. The molecule has 0 amide bonds. The highest BCUT2D eigenvalue weighted by atomic mass is 16.5. The maximum absolute atomic E-state index is 5.30. The number of anilines is 1. The molecule has 1 aromatic rings. The lowest BCUT2D eigenvalue weighted by Crippen LogP contribution is -2.10. The molecule has 0 atom stereocenters. The van der Waals surface area contributed by atoms with Crippen LogP contribution in [0.1, 0.15) is 5.69 Å². The van der Waals surface area contributed by atoms with Crippen LogP contribution >= 0.6 is 0 Å². The zero-order valence-corrected chi connectivity index (χ0v) is 8.19. The van der Waals surface area contributed by atoms with Gasteiger partial charge >= 0.3 is 0 Å². The van der Waals surface area contributed by atoms with Gasteiger partial charge in [0.2, 0.25) is 0 Å². The number of aromatic nitrogens is 1. The molecule has 0 aromatic carbocycles. The normalized spacial score (nSPS) is 10.1. The van der Waals surface area contributed by atoms with Gasteiger partial charge in [-0.3, -0.25) is 0 Å². The molecule has 14 heavy (non-hydrogen) atoms. The van der Waals surface area contributed by atoms with E-state index in [0.29, 0.717) is 25.6 Å². The summed E-state index contributed by atoms with van der Waals surface area (Å²) in [7, 11) is 1.64. The van der Waals surface area contributed by atoms with Crippen LogP contribution in [0.2, 0.25) is 0 Å². The second kappa shape index (κ2) is 6.31. The van der Waals surface area contributed by atoms with Gasteiger partial charge in [0.05, 0.1) is 25.5 Å². The Morgan fingerprint density at radius 2 is 2.29 bits per heavy atom. The molecule has 1 heterocycles. The third-order valence-corrected chi connectivity index (χ3v) is 1.64. The number of methoxy groups -OCH3 is 1. The maximum Gasteiger partial charge on any atom is 0.140 e. The van der Waals surface area contributed by atoms with Crippen molar-refractivity contribution in [3.8, 4) is 0 Å². The van der Waals surface area contributed by atoms with Gasteiger partial charge in [-0.25, -0.2) is 10.8 Å². The summed E-state index contributed by atoms with van der Waals surface area (Å²) in [6, 6.07) is 5.55. The molecule has 5 heteroatoms. The van der Waals surface area contributed by atoms with Crippen LogP contribution in [0.3, 0.4) is 0 Å². The molecule has 0 saturated carbocycles. The number of nitrogens with zero attached hydrogens (tertiary/aromatic N) is 1. The molecule has 0 fully saturated rings. The van der Waals surface area contributed by atoms with Gasteiger partial charge in [-0.2, -0.15) is 0 Å². The quantitative estimate of drug-likeness (QED) is 0.395. The number of nitrogens with two attached hydrogens (primary N) is 1.